The standard InChI is InChI=1S/C27H37ClN6S/c1-20-8-2-5-17-34(20)24-18-23(33-15-6-7-16-33)30-25(31-24)32-26(35)29-19-27(13-3-4-14-27)21-9-11-22(28)12-10-21/h9-12,18,20H,2-8,13-17,19H2,1H3,(H2,29,30,31,32,35)/t20-/m1/s1. The van der Waals surface area contributed by atoms with Gasteiger partial charge in [0.05, 0.1) is 0 Å². The van der Waals surface area contributed by atoms with Crippen LogP contribution in [0.15, 0.2) is 30.3 Å². The second kappa shape index (κ2) is 10.9. The Balaban J connectivity index is 1.32. The number of aromatic nitrogens is 2. The molecule has 8 heteroatoms. The van der Waals surface area contributed by atoms with Crippen molar-refractivity contribution in [1.82, 2.24) is 15.3 Å². The van der Waals surface area contributed by atoms with E-state index in [9.17, 15) is 0 Å². The maximum atomic E-state index is 6.15. The molecule has 188 valence electrons. The molecule has 0 spiro atoms. The highest BCUT2D eigenvalue weighted by Gasteiger charge is 2.35. The largest absolute Gasteiger partial charge is 0.361 e. The molecule has 1 aliphatic carbocycles. The summed E-state index contributed by atoms with van der Waals surface area (Å²) in [6.07, 6.45) is 10.9. The summed E-state index contributed by atoms with van der Waals surface area (Å²) in [7, 11) is 0. The Labute approximate surface area is 219 Å². The topological polar surface area (TPSA) is 56.3 Å². The number of thiocarbonyl (C=S) groups is 1. The van der Waals surface area contributed by atoms with Gasteiger partial charge in [0.2, 0.25) is 5.95 Å². The SMILES string of the molecule is C[C@@H]1CCCCN1c1cc(N2CCCC2)nc(NC(=S)NCC2(c3ccc(Cl)cc3)CCCC2)n1. The van der Waals surface area contributed by atoms with Crippen molar-refractivity contribution in [3.63, 3.8) is 0 Å². The summed E-state index contributed by atoms with van der Waals surface area (Å²) in [6, 6.07) is 11.0. The van der Waals surface area contributed by atoms with E-state index < -0.39 is 0 Å². The average molecular weight is 513 g/mol. The summed E-state index contributed by atoms with van der Waals surface area (Å²) in [5, 5.41) is 8.19. The Bertz CT molecular complexity index is 1020. The van der Waals surface area contributed by atoms with Gasteiger partial charge in [-0.05, 0) is 81.8 Å². The zero-order valence-corrected chi connectivity index (χ0v) is 22.3. The van der Waals surface area contributed by atoms with Crippen LogP contribution in [-0.4, -0.2) is 47.3 Å². The molecule has 3 heterocycles. The van der Waals surface area contributed by atoms with Crippen LogP contribution in [-0.2, 0) is 5.41 Å². The summed E-state index contributed by atoms with van der Waals surface area (Å²) in [5.74, 6) is 2.60. The fourth-order valence-corrected chi connectivity index (χ4v) is 6.28. The first kappa shape index (κ1) is 24.6. The van der Waals surface area contributed by atoms with Crippen molar-refractivity contribution < 1.29 is 0 Å². The monoisotopic (exact) mass is 512 g/mol. The van der Waals surface area contributed by atoms with E-state index in [1.807, 2.05) is 12.1 Å². The molecule has 0 amide bonds. The smallest absolute Gasteiger partial charge is 0.232 e. The van der Waals surface area contributed by atoms with Crippen LogP contribution in [0.2, 0.25) is 5.02 Å². The van der Waals surface area contributed by atoms with Crippen molar-refractivity contribution in [2.24, 2.45) is 0 Å². The lowest BCUT2D eigenvalue weighted by atomic mass is 9.79. The molecular formula is C27H37ClN6S. The van der Waals surface area contributed by atoms with E-state index in [1.165, 1.54) is 50.5 Å². The van der Waals surface area contributed by atoms with E-state index in [4.69, 9.17) is 33.8 Å². The molecule has 1 aromatic carbocycles. The van der Waals surface area contributed by atoms with Crippen LogP contribution in [0.4, 0.5) is 17.6 Å². The molecule has 2 saturated heterocycles. The number of hydrogen-bond acceptors (Lipinski definition) is 5. The molecule has 3 aliphatic rings. The third-order valence-electron chi connectivity index (χ3n) is 8.06. The molecule has 5 rings (SSSR count). The van der Waals surface area contributed by atoms with Gasteiger partial charge in [0, 0.05) is 48.7 Å². The van der Waals surface area contributed by atoms with Crippen molar-refractivity contribution in [3.8, 4) is 0 Å². The lowest BCUT2D eigenvalue weighted by Gasteiger charge is -2.35. The second-order valence-corrected chi connectivity index (χ2v) is 11.3. The summed E-state index contributed by atoms with van der Waals surface area (Å²) < 4.78 is 0. The van der Waals surface area contributed by atoms with Crippen LogP contribution >= 0.6 is 23.8 Å². The van der Waals surface area contributed by atoms with Gasteiger partial charge >= 0.3 is 0 Å². The summed E-state index contributed by atoms with van der Waals surface area (Å²) in [6.45, 7) is 6.25. The Morgan fingerprint density at radius 2 is 1.69 bits per heavy atom. The van der Waals surface area contributed by atoms with Gasteiger partial charge in [-0.2, -0.15) is 9.97 Å². The third kappa shape index (κ3) is 5.67. The first-order chi connectivity index (χ1) is 17.0. The van der Waals surface area contributed by atoms with E-state index >= 15 is 0 Å². The summed E-state index contributed by atoms with van der Waals surface area (Å²) in [4.78, 5) is 14.6. The predicted octanol–water partition coefficient (Wildman–Crippen LogP) is 5.91. The predicted molar refractivity (Wildman–Crippen MR) is 150 cm³/mol. The van der Waals surface area contributed by atoms with E-state index in [1.54, 1.807) is 0 Å². The van der Waals surface area contributed by atoms with Gasteiger partial charge in [0.15, 0.2) is 5.11 Å². The fourth-order valence-electron chi connectivity index (χ4n) is 5.99. The minimum absolute atomic E-state index is 0.0863. The van der Waals surface area contributed by atoms with Crippen LogP contribution in [0.5, 0.6) is 0 Å². The highest BCUT2D eigenvalue weighted by molar-refractivity contribution is 7.80. The number of benzene rings is 1. The van der Waals surface area contributed by atoms with Crippen molar-refractivity contribution >= 4 is 46.5 Å². The minimum Gasteiger partial charge on any atom is -0.361 e. The fraction of sp³-hybridized carbons (Fsp3) is 0.593. The number of hydrogen-bond donors (Lipinski definition) is 2. The first-order valence-electron chi connectivity index (χ1n) is 13.2. The van der Waals surface area contributed by atoms with E-state index in [-0.39, 0.29) is 5.41 Å². The average Bonchev–Trinajstić information content (AvgIpc) is 3.57. The van der Waals surface area contributed by atoms with Crippen molar-refractivity contribution in [2.45, 2.75) is 76.2 Å². The van der Waals surface area contributed by atoms with Crippen molar-refractivity contribution in [1.29, 1.82) is 0 Å². The van der Waals surface area contributed by atoms with Gasteiger partial charge in [-0.1, -0.05) is 36.6 Å². The number of nitrogens with zero attached hydrogens (tertiary/aromatic N) is 4. The Kier molecular flexibility index (Phi) is 7.63. The van der Waals surface area contributed by atoms with Crippen LogP contribution in [0.25, 0.3) is 0 Å². The van der Waals surface area contributed by atoms with Crippen LogP contribution in [0, 0.1) is 0 Å². The number of piperidine rings is 1. The number of nitrogens with one attached hydrogen (secondary N) is 2. The number of rotatable bonds is 6. The molecule has 2 aromatic rings. The van der Waals surface area contributed by atoms with E-state index in [0.717, 1.165) is 55.7 Å². The molecule has 0 unspecified atom stereocenters. The quantitative estimate of drug-likeness (QED) is 0.467. The highest BCUT2D eigenvalue weighted by Crippen LogP contribution is 2.41. The molecule has 35 heavy (non-hydrogen) atoms. The molecule has 3 fully saturated rings. The first-order valence-corrected chi connectivity index (χ1v) is 14.0. The van der Waals surface area contributed by atoms with Gasteiger partial charge in [0.1, 0.15) is 11.6 Å². The molecular weight excluding hydrogens is 476 g/mol. The van der Waals surface area contributed by atoms with Gasteiger partial charge in [-0.3, -0.25) is 0 Å². The summed E-state index contributed by atoms with van der Waals surface area (Å²) in [5.41, 5.74) is 1.42. The van der Waals surface area contributed by atoms with Gasteiger partial charge in [-0.25, -0.2) is 0 Å². The zero-order valence-electron chi connectivity index (χ0n) is 20.7. The van der Waals surface area contributed by atoms with Gasteiger partial charge < -0.3 is 20.4 Å². The second-order valence-electron chi connectivity index (χ2n) is 10.4. The summed E-state index contributed by atoms with van der Waals surface area (Å²) >= 11 is 11.9. The lowest BCUT2D eigenvalue weighted by molar-refractivity contribution is 0.435. The van der Waals surface area contributed by atoms with Crippen LogP contribution in [0.1, 0.15) is 70.3 Å². The molecule has 2 N–H and O–H groups in total. The Hall–Kier alpha value is -2.12. The normalized spacial score (nSPS) is 21.8. The maximum Gasteiger partial charge on any atom is 0.232 e. The Morgan fingerprint density at radius 1 is 1.00 bits per heavy atom. The van der Waals surface area contributed by atoms with Crippen LogP contribution in [0.3, 0.4) is 0 Å². The molecule has 2 aliphatic heterocycles. The molecule has 0 radical (unpaired) electrons. The number of halogens is 1. The van der Waals surface area contributed by atoms with E-state index in [0.29, 0.717) is 17.1 Å². The molecule has 6 nitrogen and oxygen atoms in total. The minimum atomic E-state index is 0.0863. The Morgan fingerprint density at radius 3 is 2.40 bits per heavy atom. The van der Waals surface area contributed by atoms with Gasteiger partial charge in [0.25, 0.3) is 0 Å². The van der Waals surface area contributed by atoms with Gasteiger partial charge in [-0.15, -0.1) is 0 Å². The molecule has 0 bridgehead atoms. The molecule has 1 saturated carbocycles. The molecule has 1 atom stereocenters. The maximum absolute atomic E-state index is 6.15. The highest BCUT2D eigenvalue weighted by atomic mass is 35.5. The van der Waals surface area contributed by atoms with E-state index in [2.05, 4.69) is 45.6 Å². The lowest BCUT2D eigenvalue weighted by Crippen LogP contribution is -2.41. The van der Waals surface area contributed by atoms with Crippen LogP contribution < -0.4 is 20.4 Å². The zero-order chi connectivity index (χ0) is 24.3. The van der Waals surface area contributed by atoms with Crippen molar-refractivity contribution in [2.75, 3.05) is 41.3 Å². The third-order valence-corrected chi connectivity index (χ3v) is 8.55. The van der Waals surface area contributed by atoms with Crippen molar-refractivity contribution in [3.05, 3.63) is 40.9 Å². The number of anilines is 3. The molecule has 1 aromatic heterocycles.